The van der Waals surface area contributed by atoms with Gasteiger partial charge in [-0.05, 0) is 73.7 Å². The number of ketones is 2. The molecule has 214 valence electrons. The van der Waals surface area contributed by atoms with Crippen molar-refractivity contribution in [2.75, 3.05) is 36.1 Å². The fourth-order valence-corrected chi connectivity index (χ4v) is 7.66. The number of allylic oxidation sites excluding steroid dienone is 6. The number of ether oxygens (including phenoxy) is 1. The number of nitrogens with zero attached hydrogens (tertiary/aromatic N) is 2. The number of aromatic hydroxyl groups is 1. The first-order valence-electron chi connectivity index (χ1n) is 14.2. The maximum atomic E-state index is 14.1. The highest BCUT2D eigenvalue weighted by Gasteiger charge is 2.56. The van der Waals surface area contributed by atoms with Gasteiger partial charge >= 0.3 is 0 Å². The van der Waals surface area contributed by atoms with Crippen molar-refractivity contribution in [1.82, 2.24) is 0 Å². The zero-order chi connectivity index (χ0) is 29.3. The molecule has 7 rings (SSSR count). The van der Waals surface area contributed by atoms with Gasteiger partial charge in [0.15, 0.2) is 11.6 Å². The van der Waals surface area contributed by atoms with Crippen LogP contribution in [0.4, 0.5) is 11.4 Å². The molecule has 9 heteroatoms. The summed E-state index contributed by atoms with van der Waals surface area (Å²) in [6.07, 6.45) is 3.87. The lowest BCUT2D eigenvalue weighted by Crippen LogP contribution is -2.40. The number of hydrogen-bond donors (Lipinski definition) is 1. The fourth-order valence-electron chi connectivity index (χ4n) is 7.38. The number of halogens is 1. The van der Waals surface area contributed by atoms with E-state index in [1.165, 1.54) is 23.1 Å². The molecular weight excluding hydrogens is 556 g/mol. The summed E-state index contributed by atoms with van der Waals surface area (Å²) < 4.78 is 5.44. The average Bonchev–Trinajstić information content (AvgIpc) is 3.25. The Bertz CT molecular complexity index is 1650. The van der Waals surface area contributed by atoms with Crippen molar-refractivity contribution < 1.29 is 29.0 Å². The van der Waals surface area contributed by atoms with Gasteiger partial charge in [-0.1, -0.05) is 29.3 Å². The van der Waals surface area contributed by atoms with E-state index in [0.717, 1.165) is 24.4 Å². The van der Waals surface area contributed by atoms with Crippen LogP contribution in [0.1, 0.15) is 31.2 Å². The molecule has 2 saturated heterocycles. The molecule has 2 aliphatic heterocycles. The molecule has 0 unspecified atom stereocenters. The number of amides is 2. The molecule has 0 spiro atoms. The van der Waals surface area contributed by atoms with E-state index in [0.29, 0.717) is 47.6 Å². The third-order valence-electron chi connectivity index (χ3n) is 9.34. The van der Waals surface area contributed by atoms with Gasteiger partial charge in [0.05, 0.1) is 30.7 Å². The molecule has 42 heavy (non-hydrogen) atoms. The lowest BCUT2D eigenvalue weighted by atomic mass is 9.59. The summed E-state index contributed by atoms with van der Waals surface area (Å²) in [7, 11) is 0. The minimum Gasteiger partial charge on any atom is -0.508 e. The molecule has 0 bridgehead atoms. The van der Waals surface area contributed by atoms with Gasteiger partial charge in [0.2, 0.25) is 11.8 Å². The lowest BCUT2D eigenvalue weighted by Gasteiger charge is -2.42. The number of phenols is 1. The SMILES string of the molecule is CC1=CC(=O)C2=C(C[C@@H]3C(=CC[C@@H]4C(=O)N(c5ccc(N6CCOCC6)cc5)C(=O)[C@@H]43)[C@@H]2c2ccc(O)cc2Cl)C1=O. The first kappa shape index (κ1) is 26.9. The van der Waals surface area contributed by atoms with Gasteiger partial charge in [-0.15, -0.1) is 0 Å². The van der Waals surface area contributed by atoms with Crippen LogP contribution in [0.15, 0.2) is 76.9 Å². The molecule has 2 heterocycles. The van der Waals surface area contributed by atoms with E-state index in [-0.39, 0.29) is 40.6 Å². The Hall–Kier alpha value is -4.01. The van der Waals surface area contributed by atoms with Gasteiger partial charge < -0.3 is 14.7 Å². The lowest BCUT2D eigenvalue weighted by molar-refractivity contribution is -0.123. The Morgan fingerprint density at radius 2 is 1.64 bits per heavy atom. The molecule has 5 aliphatic rings. The molecule has 2 fully saturated rings. The van der Waals surface area contributed by atoms with Crippen molar-refractivity contribution >= 4 is 46.4 Å². The monoisotopic (exact) mass is 584 g/mol. The summed E-state index contributed by atoms with van der Waals surface area (Å²) >= 11 is 6.61. The Morgan fingerprint density at radius 3 is 2.36 bits per heavy atom. The van der Waals surface area contributed by atoms with Gasteiger partial charge in [0, 0.05) is 46.4 Å². The zero-order valence-electron chi connectivity index (χ0n) is 23.0. The smallest absolute Gasteiger partial charge is 0.238 e. The zero-order valence-corrected chi connectivity index (χ0v) is 23.8. The Kier molecular flexibility index (Phi) is 6.44. The second-order valence-corrected chi connectivity index (χ2v) is 12.0. The van der Waals surface area contributed by atoms with Crippen molar-refractivity contribution in [1.29, 1.82) is 0 Å². The van der Waals surface area contributed by atoms with E-state index in [4.69, 9.17) is 16.3 Å². The van der Waals surface area contributed by atoms with Crippen molar-refractivity contribution in [2.24, 2.45) is 17.8 Å². The van der Waals surface area contributed by atoms with Crippen LogP contribution in [-0.2, 0) is 23.9 Å². The van der Waals surface area contributed by atoms with Crippen molar-refractivity contribution in [2.45, 2.75) is 25.7 Å². The van der Waals surface area contributed by atoms with Gasteiger partial charge in [0.25, 0.3) is 0 Å². The van der Waals surface area contributed by atoms with Crippen LogP contribution >= 0.6 is 11.6 Å². The number of carbonyl (C=O) groups is 4. The largest absolute Gasteiger partial charge is 0.508 e. The van der Waals surface area contributed by atoms with E-state index >= 15 is 0 Å². The topological polar surface area (TPSA) is 104 Å². The molecule has 2 aromatic rings. The molecule has 2 aromatic carbocycles. The number of phenolic OH excluding ortho intramolecular Hbond substituents is 1. The number of fused-ring (bicyclic) bond motifs is 3. The predicted octanol–water partition coefficient (Wildman–Crippen LogP) is 4.52. The number of imide groups is 1. The molecule has 0 radical (unpaired) electrons. The third kappa shape index (κ3) is 4.07. The van der Waals surface area contributed by atoms with Crippen molar-refractivity contribution in [3.05, 3.63) is 87.5 Å². The quantitative estimate of drug-likeness (QED) is 0.321. The summed E-state index contributed by atoms with van der Waals surface area (Å²) in [5.41, 5.74) is 4.03. The Morgan fingerprint density at radius 1 is 0.929 bits per heavy atom. The minimum atomic E-state index is -0.669. The van der Waals surface area contributed by atoms with E-state index in [1.54, 1.807) is 13.0 Å². The average molecular weight is 585 g/mol. The summed E-state index contributed by atoms with van der Waals surface area (Å²) in [5, 5.41) is 10.3. The van der Waals surface area contributed by atoms with Crippen LogP contribution < -0.4 is 9.80 Å². The Labute approximate surface area is 247 Å². The normalized spacial score (nSPS) is 27.5. The third-order valence-corrected chi connectivity index (χ3v) is 9.67. The van der Waals surface area contributed by atoms with E-state index in [9.17, 15) is 24.3 Å². The Balaban J connectivity index is 1.27. The van der Waals surface area contributed by atoms with Crippen molar-refractivity contribution in [3.63, 3.8) is 0 Å². The number of rotatable bonds is 3. The van der Waals surface area contributed by atoms with Gasteiger partial charge in [0.1, 0.15) is 5.75 Å². The van der Waals surface area contributed by atoms with Crippen LogP contribution in [-0.4, -0.2) is 54.8 Å². The van der Waals surface area contributed by atoms with E-state index in [2.05, 4.69) is 4.90 Å². The first-order chi connectivity index (χ1) is 20.2. The van der Waals surface area contributed by atoms with Crippen LogP contribution in [0.25, 0.3) is 0 Å². The maximum Gasteiger partial charge on any atom is 0.238 e. The highest BCUT2D eigenvalue weighted by Crippen LogP contribution is 2.56. The van der Waals surface area contributed by atoms with Gasteiger partial charge in [-0.25, -0.2) is 0 Å². The standard InChI is InChI=1S/C33H29ClN2O6/c1-17-14-27(38)30-25(31(17)39)16-24-21(28(30)22-7-6-20(37)15-26(22)34)8-9-23-29(24)33(41)36(32(23)40)19-4-2-18(3-5-19)35-10-12-42-13-11-35/h2-8,14-15,23-24,28-29,37H,9-13,16H2,1H3/t23-,24+,28+,29-/m0/s1. The summed E-state index contributed by atoms with van der Waals surface area (Å²) in [6.45, 7) is 4.49. The number of carbonyl (C=O) groups excluding carboxylic acids is 4. The van der Waals surface area contributed by atoms with Gasteiger partial charge in [-0.2, -0.15) is 0 Å². The van der Waals surface area contributed by atoms with Crippen molar-refractivity contribution in [3.8, 4) is 5.75 Å². The molecule has 0 saturated carbocycles. The predicted molar refractivity (Wildman–Crippen MR) is 156 cm³/mol. The van der Waals surface area contributed by atoms with Crippen LogP contribution in [0.3, 0.4) is 0 Å². The molecule has 1 N–H and O–H groups in total. The van der Waals surface area contributed by atoms with E-state index in [1.807, 2.05) is 30.3 Å². The summed E-state index contributed by atoms with van der Waals surface area (Å²) in [4.78, 5) is 58.2. The van der Waals surface area contributed by atoms with Gasteiger partial charge in [-0.3, -0.25) is 24.1 Å². The summed E-state index contributed by atoms with van der Waals surface area (Å²) in [6, 6.07) is 12.0. The van der Waals surface area contributed by atoms with Crippen LogP contribution in [0.5, 0.6) is 5.75 Å². The number of morpholine rings is 1. The highest BCUT2D eigenvalue weighted by molar-refractivity contribution is 6.32. The highest BCUT2D eigenvalue weighted by atomic mass is 35.5. The van der Waals surface area contributed by atoms with Crippen LogP contribution in [0.2, 0.25) is 5.02 Å². The molecular formula is C33H29ClN2O6. The molecule has 2 amide bonds. The second kappa shape index (κ2) is 10.1. The molecule has 3 aliphatic carbocycles. The second-order valence-electron chi connectivity index (χ2n) is 11.6. The maximum absolute atomic E-state index is 14.1. The fraction of sp³-hybridized carbons (Fsp3) is 0.333. The molecule has 8 nitrogen and oxygen atoms in total. The van der Waals surface area contributed by atoms with E-state index < -0.39 is 23.7 Å². The molecule has 0 aromatic heterocycles. The number of benzene rings is 2. The number of Topliss-reactive ketones (excluding diaryl/α,β-unsaturated/α-hetero) is 1. The first-order valence-corrected chi connectivity index (χ1v) is 14.6. The molecule has 4 atom stereocenters. The number of hydrogen-bond acceptors (Lipinski definition) is 7. The summed E-state index contributed by atoms with van der Waals surface area (Å²) in [5.74, 6) is -3.37. The van der Waals surface area contributed by atoms with Crippen LogP contribution in [0, 0.1) is 17.8 Å². The minimum absolute atomic E-state index is 0.0170. The number of anilines is 2.